The number of benzene rings is 1. The van der Waals surface area contributed by atoms with Crippen LogP contribution >= 0.6 is 11.3 Å². The van der Waals surface area contributed by atoms with Gasteiger partial charge in [0, 0.05) is 17.4 Å². The van der Waals surface area contributed by atoms with Crippen LogP contribution in [0.15, 0.2) is 35.1 Å². The summed E-state index contributed by atoms with van der Waals surface area (Å²) in [4.78, 5) is 13.8. The highest BCUT2D eigenvalue weighted by atomic mass is 32.1. The van der Waals surface area contributed by atoms with E-state index in [1.807, 2.05) is 24.3 Å². The van der Waals surface area contributed by atoms with Crippen molar-refractivity contribution in [1.29, 1.82) is 0 Å². The van der Waals surface area contributed by atoms with E-state index in [0.29, 0.717) is 4.96 Å². The average Bonchev–Trinajstić information content (AvgIpc) is 2.91. The summed E-state index contributed by atoms with van der Waals surface area (Å²) in [7, 11) is 1.63. The quantitative estimate of drug-likeness (QED) is 0.743. The normalized spacial score (nSPS) is 11.0. The van der Waals surface area contributed by atoms with Crippen LogP contribution in [0.25, 0.3) is 15.4 Å². The van der Waals surface area contributed by atoms with Crippen molar-refractivity contribution in [2.24, 2.45) is 0 Å². The van der Waals surface area contributed by atoms with E-state index in [-0.39, 0.29) is 5.56 Å². The molecule has 21 heavy (non-hydrogen) atoms. The predicted molar refractivity (Wildman–Crippen MR) is 83.1 cm³/mol. The minimum absolute atomic E-state index is 0.0805. The van der Waals surface area contributed by atoms with Gasteiger partial charge in [-0.3, -0.25) is 4.79 Å². The van der Waals surface area contributed by atoms with Crippen LogP contribution in [0.2, 0.25) is 0 Å². The number of ether oxygens (including phenoxy) is 1. The van der Waals surface area contributed by atoms with Gasteiger partial charge in [-0.05, 0) is 36.2 Å². The van der Waals surface area contributed by atoms with Crippen LogP contribution in [0.1, 0.15) is 19.2 Å². The zero-order chi connectivity index (χ0) is 14.8. The first-order valence-corrected chi connectivity index (χ1v) is 7.57. The first-order valence-electron chi connectivity index (χ1n) is 6.75. The van der Waals surface area contributed by atoms with Gasteiger partial charge in [-0.15, -0.1) is 10.2 Å². The van der Waals surface area contributed by atoms with Crippen molar-refractivity contribution in [2.45, 2.75) is 19.8 Å². The number of rotatable bonds is 4. The minimum Gasteiger partial charge on any atom is -0.497 e. The monoisotopic (exact) mass is 301 g/mol. The Morgan fingerprint density at radius 3 is 2.67 bits per heavy atom. The van der Waals surface area contributed by atoms with E-state index < -0.39 is 0 Å². The highest BCUT2D eigenvalue weighted by Crippen LogP contribution is 2.26. The predicted octanol–water partition coefficient (Wildman–Crippen LogP) is 2.78. The van der Waals surface area contributed by atoms with Crippen LogP contribution in [-0.2, 0) is 6.42 Å². The molecule has 3 aromatic rings. The largest absolute Gasteiger partial charge is 0.497 e. The summed E-state index contributed by atoms with van der Waals surface area (Å²) in [6.45, 7) is 2.06. The van der Waals surface area contributed by atoms with E-state index in [1.54, 1.807) is 17.6 Å². The van der Waals surface area contributed by atoms with Crippen LogP contribution in [0.3, 0.4) is 0 Å². The fourth-order valence-corrected chi connectivity index (χ4v) is 3.15. The van der Waals surface area contributed by atoms with Gasteiger partial charge >= 0.3 is 0 Å². The molecule has 0 unspecified atom stereocenters. The molecule has 0 aliphatic heterocycles. The third-order valence-corrected chi connectivity index (χ3v) is 4.24. The van der Waals surface area contributed by atoms with Crippen molar-refractivity contribution < 1.29 is 4.74 Å². The molecule has 0 aliphatic rings. The maximum Gasteiger partial charge on any atom is 0.259 e. The molecule has 2 heterocycles. The number of fused-ring (bicyclic) bond motifs is 1. The summed E-state index contributed by atoms with van der Waals surface area (Å²) in [5.41, 5.74) is 0.892. The number of hydrogen-bond acceptors (Lipinski definition) is 5. The second-order valence-electron chi connectivity index (χ2n) is 4.66. The van der Waals surface area contributed by atoms with E-state index >= 15 is 0 Å². The van der Waals surface area contributed by atoms with Crippen LogP contribution < -0.4 is 10.3 Å². The lowest BCUT2D eigenvalue weighted by molar-refractivity contribution is 0.415. The summed E-state index contributed by atoms with van der Waals surface area (Å²) in [6.07, 6.45) is 1.69. The fourth-order valence-electron chi connectivity index (χ4n) is 2.18. The molecule has 0 amide bonds. The van der Waals surface area contributed by atoms with Crippen molar-refractivity contribution in [2.75, 3.05) is 7.11 Å². The third-order valence-electron chi connectivity index (χ3n) is 3.22. The van der Waals surface area contributed by atoms with Crippen molar-refractivity contribution >= 4 is 16.3 Å². The summed E-state index contributed by atoms with van der Waals surface area (Å²) >= 11 is 1.46. The van der Waals surface area contributed by atoms with E-state index in [0.717, 1.165) is 34.9 Å². The van der Waals surface area contributed by atoms with Gasteiger partial charge in [0.05, 0.1) is 7.11 Å². The Balaban J connectivity index is 2.10. The standard InChI is InChI=1S/C15H15N3O2S/c1-3-4-13-16-17-15-18(13)14(19)9-12(21-15)10-5-7-11(20-2)8-6-10/h5-9H,3-4H2,1-2H3. The summed E-state index contributed by atoms with van der Waals surface area (Å²) < 4.78 is 6.74. The second-order valence-corrected chi connectivity index (χ2v) is 5.67. The molecule has 1 aromatic carbocycles. The zero-order valence-electron chi connectivity index (χ0n) is 11.9. The molecular weight excluding hydrogens is 286 g/mol. The van der Waals surface area contributed by atoms with Crippen LogP contribution in [0, 0.1) is 0 Å². The molecule has 5 nitrogen and oxygen atoms in total. The van der Waals surface area contributed by atoms with Gasteiger partial charge < -0.3 is 4.74 Å². The first-order chi connectivity index (χ1) is 10.2. The molecular formula is C15H15N3O2S. The SMILES string of the molecule is CCCc1nnc2sc(-c3ccc(OC)cc3)cc(=O)n12. The molecule has 0 atom stereocenters. The number of methoxy groups -OCH3 is 1. The number of hydrogen-bond donors (Lipinski definition) is 0. The molecule has 3 rings (SSSR count). The van der Waals surface area contributed by atoms with Gasteiger partial charge in [0.15, 0.2) is 0 Å². The molecule has 0 bridgehead atoms. The molecule has 0 saturated heterocycles. The van der Waals surface area contributed by atoms with Crippen molar-refractivity contribution in [3.8, 4) is 16.2 Å². The maximum atomic E-state index is 12.3. The molecule has 0 spiro atoms. The highest BCUT2D eigenvalue weighted by molar-refractivity contribution is 7.19. The number of nitrogens with zero attached hydrogens (tertiary/aromatic N) is 3. The first kappa shape index (κ1) is 13.8. The maximum absolute atomic E-state index is 12.3. The smallest absolute Gasteiger partial charge is 0.259 e. The Hall–Kier alpha value is -2.21. The van der Waals surface area contributed by atoms with Gasteiger partial charge in [-0.1, -0.05) is 18.3 Å². The average molecular weight is 301 g/mol. The van der Waals surface area contributed by atoms with Crippen molar-refractivity contribution in [3.63, 3.8) is 0 Å². The molecule has 0 saturated carbocycles. The van der Waals surface area contributed by atoms with Crippen molar-refractivity contribution in [3.05, 3.63) is 46.5 Å². The molecule has 108 valence electrons. The van der Waals surface area contributed by atoms with Crippen LogP contribution in [-0.4, -0.2) is 21.7 Å². The number of aromatic nitrogens is 3. The van der Waals surface area contributed by atoms with E-state index in [9.17, 15) is 4.79 Å². The molecule has 0 aliphatic carbocycles. The number of aryl methyl sites for hydroxylation is 1. The van der Waals surface area contributed by atoms with Gasteiger partial charge in [-0.2, -0.15) is 0 Å². The topological polar surface area (TPSA) is 56.5 Å². The Bertz CT molecular complexity index is 821. The lowest BCUT2D eigenvalue weighted by atomic mass is 10.2. The van der Waals surface area contributed by atoms with Gasteiger partial charge in [0.25, 0.3) is 5.56 Å². The van der Waals surface area contributed by atoms with E-state index in [4.69, 9.17) is 4.74 Å². The van der Waals surface area contributed by atoms with E-state index in [2.05, 4.69) is 17.1 Å². The molecule has 2 aromatic heterocycles. The summed E-state index contributed by atoms with van der Waals surface area (Å²) in [6, 6.07) is 9.27. The van der Waals surface area contributed by atoms with E-state index in [1.165, 1.54) is 11.3 Å². The Kier molecular flexibility index (Phi) is 3.70. The molecule has 0 N–H and O–H groups in total. The summed E-state index contributed by atoms with van der Waals surface area (Å²) in [5, 5.41) is 8.24. The van der Waals surface area contributed by atoms with Crippen LogP contribution in [0.4, 0.5) is 0 Å². The minimum atomic E-state index is -0.0805. The summed E-state index contributed by atoms with van der Waals surface area (Å²) in [5.74, 6) is 1.52. The highest BCUT2D eigenvalue weighted by Gasteiger charge is 2.11. The van der Waals surface area contributed by atoms with Crippen LogP contribution in [0.5, 0.6) is 5.75 Å². The van der Waals surface area contributed by atoms with Crippen molar-refractivity contribution in [1.82, 2.24) is 14.6 Å². The lowest BCUT2D eigenvalue weighted by Crippen LogP contribution is -2.13. The molecule has 0 radical (unpaired) electrons. The zero-order valence-corrected chi connectivity index (χ0v) is 12.7. The molecule has 0 fully saturated rings. The van der Waals surface area contributed by atoms with Gasteiger partial charge in [0.2, 0.25) is 4.96 Å². The van der Waals surface area contributed by atoms with Gasteiger partial charge in [0.1, 0.15) is 11.6 Å². The second kappa shape index (κ2) is 5.65. The Labute approximate surface area is 125 Å². The molecule has 6 heteroatoms. The lowest BCUT2D eigenvalue weighted by Gasteiger charge is -2.03. The Morgan fingerprint density at radius 1 is 1.24 bits per heavy atom. The fraction of sp³-hybridized carbons (Fsp3) is 0.267. The third kappa shape index (κ3) is 2.54. The van der Waals surface area contributed by atoms with Gasteiger partial charge in [-0.25, -0.2) is 4.40 Å². The Morgan fingerprint density at radius 2 is 2.00 bits per heavy atom.